The summed E-state index contributed by atoms with van der Waals surface area (Å²) in [6, 6.07) is 4.63. The summed E-state index contributed by atoms with van der Waals surface area (Å²) in [5.41, 5.74) is 0.615. The van der Waals surface area contributed by atoms with Crippen LogP contribution >= 0.6 is 0 Å². The Morgan fingerprint density at radius 2 is 1.78 bits per heavy atom. The smallest absolute Gasteiger partial charge is 0.310 e. The molecule has 100 valence electrons. The molecule has 0 bridgehead atoms. The van der Waals surface area contributed by atoms with Crippen LogP contribution < -0.4 is 0 Å². The molecule has 18 heavy (non-hydrogen) atoms. The first-order valence-electron chi connectivity index (χ1n) is 6.01. The maximum atomic E-state index is 10.8. The van der Waals surface area contributed by atoms with Crippen LogP contribution in [-0.4, -0.2) is 10.0 Å². The van der Waals surface area contributed by atoms with E-state index in [0.717, 1.165) is 12.0 Å². The number of nitrogens with zero attached hydrogens (tertiary/aromatic N) is 1. The highest BCUT2D eigenvalue weighted by Gasteiger charge is 2.29. The summed E-state index contributed by atoms with van der Waals surface area (Å²) >= 11 is 0. The number of nitro benzene ring substituents is 1. The Kier molecular flexibility index (Phi) is 3.70. The molecule has 0 fully saturated rings. The van der Waals surface area contributed by atoms with Gasteiger partial charge in [0, 0.05) is 6.07 Å². The van der Waals surface area contributed by atoms with Crippen molar-refractivity contribution in [1.82, 2.24) is 0 Å². The van der Waals surface area contributed by atoms with Gasteiger partial charge in [0.1, 0.15) is 0 Å². The number of rotatable bonds is 3. The van der Waals surface area contributed by atoms with Gasteiger partial charge in [0.25, 0.3) is 0 Å². The standard InChI is InChI=1S/C14H21NO3/c1-13(2,3)9-14(4,5)10-6-7-12(16)11(8-10)15(17)18/h6-8,16H,9H2,1-5H3. The minimum Gasteiger partial charge on any atom is -0.502 e. The molecule has 0 spiro atoms. The van der Waals surface area contributed by atoms with Crippen LogP contribution in [0.4, 0.5) is 5.69 Å². The molecule has 0 aliphatic rings. The fourth-order valence-electron chi connectivity index (χ4n) is 2.52. The van der Waals surface area contributed by atoms with Crippen molar-refractivity contribution in [2.45, 2.75) is 46.5 Å². The Bertz CT molecular complexity index is 459. The first kappa shape index (κ1) is 14.5. The molecular weight excluding hydrogens is 230 g/mol. The van der Waals surface area contributed by atoms with Gasteiger partial charge in [-0.25, -0.2) is 0 Å². The summed E-state index contributed by atoms with van der Waals surface area (Å²) in [4.78, 5) is 10.3. The minimum atomic E-state index is -0.550. The molecule has 0 aliphatic carbocycles. The highest BCUT2D eigenvalue weighted by molar-refractivity contribution is 5.49. The topological polar surface area (TPSA) is 63.4 Å². The van der Waals surface area contributed by atoms with Gasteiger partial charge in [0.2, 0.25) is 0 Å². The molecule has 0 saturated carbocycles. The van der Waals surface area contributed by atoms with Gasteiger partial charge in [-0.05, 0) is 28.9 Å². The van der Waals surface area contributed by atoms with E-state index in [1.54, 1.807) is 6.07 Å². The zero-order chi connectivity index (χ0) is 14.1. The Hall–Kier alpha value is -1.58. The number of nitro groups is 1. The largest absolute Gasteiger partial charge is 0.502 e. The molecule has 0 unspecified atom stereocenters. The van der Waals surface area contributed by atoms with Crippen LogP contribution in [0.1, 0.15) is 46.6 Å². The van der Waals surface area contributed by atoms with Gasteiger partial charge in [-0.2, -0.15) is 0 Å². The van der Waals surface area contributed by atoms with Crippen molar-refractivity contribution in [3.63, 3.8) is 0 Å². The number of phenols is 1. The summed E-state index contributed by atoms with van der Waals surface area (Å²) in [6.07, 6.45) is 0.905. The molecule has 1 aromatic carbocycles. The molecule has 1 rings (SSSR count). The van der Waals surface area contributed by atoms with Crippen LogP contribution in [0.3, 0.4) is 0 Å². The number of hydrogen-bond acceptors (Lipinski definition) is 3. The van der Waals surface area contributed by atoms with E-state index in [2.05, 4.69) is 34.6 Å². The maximum Gasteiger partial charge on any atom is 0.310 e. The molecule has 0 aliphatic heterocycles. The molecule has 0 amide bonds. The van der Waals surface area contributed by atoms with Crippen LogP contribution in [0.15, 0.2) is 18.2 Å². The second-order valence-corrected chi connectivity index (χ2v) is 6.58. The van der Waals surface area contributed by atoms with Crippen LogP contribution in [0.5, 0.6) is 5.75 Å². The molecule has 4 heteroatoms. The van der Waals surface area contributed by atoms with Crippen molar-refractivity contribution in [2.24, 2.45) is 5.41 Å². The lowest BCUT2D eigenvalue weighted by Gasteiger charge is -2.32. The molecule has 0 heterocycles. The molecule has 0 radical (unpaired) electrons. The summed E-state index contributed by atoms with van der Waals surface area (Å²) in [7, 11) is 0. The van der Waals surface area contributed by atoms with Crippen molar-refractivity contribution in [3.05, 3.63) is 33.9 Å². The zero-order valence-electron chi connectivity index (χ0n) is 11.7. The lowest BCUT2D eigenvalue weighted by molar-refractivity contribution is -0.386. The van der Waals surface area contributed by atoms with Gasteiger partial charge < -0.3 is 5.11 Å². The van der Waals surface area contributed by atoms with Crippen LogP contribution in [-0.2, 0) is 5.41 Å². The minimum absolute atomic E-state index is 0.135. The first-order valence-corrected chi connectivity index (χ1v) is 6.01. The highest BCUT2D eigenvalue weighted by Crippen LogP contribution is 2.39. The van der Waals surface area contributed by atoms with Crippen molar-refractivity contribution in [3.8, 4) is 5.75 Å². The quantitative estimate of drug-likeness (QED) is 0.652. The van der Waals surface area contributed by atoms with Crippen LogP contribution in [0.2, 0.25) is 0 Å². The Labute approximate surface area is 108 Å². The Morgan fingerprint density at radius 1 is 1.22 bits per heavy atom. The average Bonchev–Trinajstić information content (AvgIpc) is 2.13. The summed E-state index contributed by atoms with van der Waals surface area (Å²) in [6.45, 7) is 10.6. The SMILES string of the molecule is CC(C)(C)CC(C)(C)c1ccc(O)c([N+](=O)[O-])c1. The lowest BCUT2D eigenvalue weighted by atomic mass is 9.72. The van der Waals surface area contributed by atoms with Gasteiger partial charge in [0.05, 0.1) is 4.92 Å². The number of phenolic OH excluding ortho intramolecular Hbond substituents is 1. The molecule has 1 aromatic rings. The van der Waals surface area contributed by atoms with E-state index in [1.807, 2.05) is 0 Å². The van der Waals surface area contributed by atoms with Crippen molar-refractivity contribution >= 4 is 5.69 Å². The fourth-order valence-corrected chi connectivity index (χ4v) is 2.52. The first-order chi connectivity index (χ1) is 8.03. The zero-order valence-corrected chi connectivity index (χ0v) is 11.7. The van der Waals surface area contributed by atoms with Crippen molar-refractivity contribution < 1.29 is 10.0 Å². The van der Waals surface area contributed by atoms with E-state index in [4.69, 9.17) is 0 Å². The van der Waals surface area contributed by atoms with E-state index in [0.29, 0.717) is 0 Å². The van der Waals surface area contributed by atoms with Gasteiger partial charge in [-0.3, -0.25) is 10.1 Å². The number of aromatic hydroxyl groups is 1. The van der Waals surface area contributed by atoms with E-state index in [-0.39, 0.29) is 22.3 Å². The predicted molar refractivity (Wildman–Crippen MR) is 71.9 cm³/mol. The third kappa shape index (κ3) is 3.45. The van der Waals surface area contributed by atoms with E-state index in [1.165, 1.54) is 12.1 Å². The van der Waals surface area contributed by atoms with E-state index in [9.17, 15) is 15.2 Å². The van der Waals surface area contributed by atoms with Gasteiger partial charge in [-0.15, -0.1) is 0 Å². The van der Waals surface area contributed by atoms with E-state index >= 15 is 0 Å². The predicted octanol–water partition coefficient (Wildman–Crippen LogP) is 4.01. The molecule has 4 nitrogen and oxygen atoms in total. The van der Waals surface area contributed by atoms with Gasteiger partial charge in [-0.1, -0.05) is 40.7 Å². The second kappa shape index (κ2) is 4.59. The normalized spacial score (nSPS) is 12.5. The molecule has 1 N–H and O–H groups in total. The van der Waals surface area contributed by atoms with Crippen LogP contribution in [0.25, 0.3) is 0 Å². The lowest BCUT2D eigenvalue weighted by Crippen LogP contribution is -2.24. The number of benzene rings is 1. The molecule has 0 aromatic heterocycles. The monoisotopic (exact) mass is 251 g/mol. The fraction of sp³-hybridized carbons (Fsp3) is 0.571. The average molecular weight is 251 g/mol. The highest BCUT2D eigenvalue weighted by atomic mass is 16.6. The summed E-state index contributed by atoms with van der Waals surface area (Å²) < 4.78 is 0. The van der Waals surface area contributed by atoms with Gasteiger partial charge in [0.15, 0.2) is 5.75 Å². The summed E-state index contributed by atoms with van der Waals surface area (Å²) in [5, 5.41) is 20.3. The van der Waals surface area contributed by atoms with Gasteiger partial charge >= 0.3 is 5.69 Å². The van der Waals surface area contributed by atoms with Crippen molar-refractivity contribution in [2.75, 3.05) is 0 Å². The molecule has 0 saturated heterocycles. The maximum absolute atomic E-state index is 10.8. The Balaban J connectivity index is 3.17. The molecule has 0 atom stereocenters. The Morgan fingerprint density at radius 3 is 2.22 bits per heavy atom. The van der Waals surface area contributed by atoms with Crippen molar-refractivity contribution in [1.29, 1.82) is 0 Å². The van der Waals surface area contributed by atoms with E-state index < -0.39 is 4.92 Å². The third-order valence-corrected chi connectivity index (χ3v) is 2.93. The summed E-state index contributed by atoms with van der Waals surface area (Å²) in [5.74, 6) is -0.282. The number of hydrogen-bond donors (Lipinski definition) is 1. The molecular formula is C14H21NO3. The third-order valence-electron chi connectivity index (χ3n) is 2.93. The second-order valence-electron chi connectivity index (χ2n) is 6.58. The van der Waals surface area contributed by atoms with Crippen LogP contribution in [0, 0.1) is 15.5 Å².